The van der Waals surface area contributed by atoms with Crippen molar-refractivity contribution in [2.24, 2.45) is 0 Å². The highest BCUT2D eigenvalue weighted by Crippen LogP contribution is 2.30. The first-order valence-corrected chi connectivity index (χ1v) is 6.67. The van der Waals surface area contributed by atoms with E-state index in [1.165, 1.54) is 19.4 Å². The second kappa shape index (κ2) is 6.11. The quantitative estimate of drug-likeness (QED) is 0.867. The Labute approximate surface area is 128 Å². The monoisotopic (exact) mass is 356 g/mol. The lowest BCUT2D eigenvalue weighted by Gasteiger charge is -2.11. The van der Waals surface area contributed by atoms with Crippen molar-refractivity contribution in [3.8, 4) is 5.75 Å². The number of carboxylic acid groups (broad SMARTS) is 1. The van der Waals surface area contributed by atoms with Gasteiger partial charge in [0.1, 0.15) is 17.1 Å². The van der Waals surface area contributed by atoms with Crippen molar-refractivity contribution in [3.63, 3.8) is 0 Å². The maximum absolute atomic E-state index is 11.2. The number of hydrogen-bond acceptors (Lipinski definition) is 4. The van der Waals surface area contributed by atoms with E-state index in [0.29, 0.717) is 20.9 Å². The Balaban J connectivity index is 2.42. The highest BCUT2D eigenvalue weighted by Gasteiger charge is 2.14. The molecule has 0 bridgehead atoms. The molecule has 5 nitrogen and oxygen atoms in total. The third kappa shape index (κ3) is 3.20. The molecular formula is C13H10BrClN2O3. The van der Waals surface area contributed by atoms with E-state index in [0.717, 1.165) is 0 Å². The third-order valence-electron chi connectivity index (χ3n) is 2.51. The van der Waals surface area contributed by atoms with Crippen LogP contribution in [0.5, 0.6) is 5.75 Å². The highest BCUT2D eigenvalue weighted by atomic mass is 79.9. The van der Waals surface area contributed by atoms with E-state index in [1.807, 2.05) is 0 Å². The molecule has 0 radical (unpaired) electrons. The highest BCUT2D eigenvalue weighted by molar-refractivity contribution is 9.10. The molecule has 0 fully saturated rings. The zero-order chi connectivity index (χ0) is 14.7. The van der Waals surface area contributed by atoms with Gasteiger partial charge in [0.15, 0.2) is 0 Å². The van der Waals surface area contributed by atoms with Crippen LogP contribution in [0.15, 0.2) is 34.9 Å². The predicted octanol–water partition coefficient (Wildman–Crippen LogP) is 3.95. The normalized spacial score (nSPS) is 10.2. The second-order valence-corrected chi connectivity index (χ2v) is 5.15. The van der Waals surface area contributed by atoms with E-state index in [4.69, 9.17) is 16.3 Å². The standard InChI is InChI=1S/C13H10BrClN2O3/c1-20-8-2-3-10(15)11(5-8)17-12-9(13(18)19)4-7(14)6-16-12/h2-6H,1H3,(H,16,17)(H,18,19). The average Bonchev–Trinajstić information content (AvgIpc) is 2.42. The molecule has 0 atom stereocenters. The molecule has 104 valence electrons. The van der Waals surface area contributed by atoms with Gasteiger partial charge in [-0.05, 0) is 34.1 Å². The number of hydrogen-bond donors (Lipinski definition) is 2. The van der Waals surface area contributed by atoms with Gasteiger partial charge in [0, 0.05) is 16.7 Å². The van der Waals surface area contributed by atoms with E-state index in [-0.39, 0.29) is 11.4 Å². The van der Waals surface area contributed by atoms with E-state index in [9.17, 15) is 9.90 Å². The van der Waals surface area contributed by atoms with Crippen LogP contribution in [0.25, 0.3) is 0 Å². The Morgan fingerprint density at radius 3 is 2.85 bits per heavy atom. The number of aromatic carboxylic acids is 1. The molecule has 0 saturated carbocycles. The van der Waals surface area contributed by atoms with Crippen LogP contribution in [0.2, 0.25) is 5.02 Å². The molecule has 0 aliphatic heterocycles. The Hall–Kier alpha value is -1.79. The molecule has 1 aromatic carbocycles. The average molecular weight is 358 g/mol. The number of pyridine rings is 1. The smallest absolute Gasteiger partial charge is 0.339 e. The van der Waals surface area contributed by atoms with Gasteiger partial charge in [-0.3, -0.25) is 0 Å². The minimum absolute atomic E-state index is 0.0401. The molecule has 2 aromatic rings. The fourth-order valence-corrected chi connectivity index (χ4v) is 2.05. The fourth-order valence-electron chi connectivity index (χ4n) is 1.56. The first-order valence-electron chi connectivity index (χ1n) is 5.50. The van der Waals surface area contributed by atoms with Crippen molar-refractivity contribution in [2.45, 2.75) is 0 Å². The fraction of sp³-hybridized carbons (Fsp3) is 0.0769. The summed E-state index contributed by atoms with van der Waals surface area (Å²) in [6.45, 7) is 0. The van der Waals surface area contributed by atoms with Gasteiger partial charge < -0.3 is 15.2 Å². The molecule has 2 N–H and O–H groups in total. The van der Waals surface area contributed by atoms with Crippen molar-refractivity contribution >= 4 is 45.0 Å². The number of carboxylic acids is 1. The van der Waals surface area contributed by atoms with E-state index >= 15 is 0 Å². The van der Waals surface area contributed by atoms with Crippen molar-refractivity contribution in [1.29, 1.82) is 0 Å². The topological polar surface area (TPSA) is 71.5 Å². The number of rotatable bonds is 4. The number of halogens is 2. The number of nitrogens with zero attached hydrogens (tertiary/aromatic N) is 1. The summed E-state index contributed by atoms with van der Waals surface area (Å²) in [5.41, 5.74) is 0.557. The van der Waals surface area contributed by atoms with Crippen LogP contribution in [-0.2, 0) is 0 Å². The zero-order valence-electron chi connectivity index (χ0n) is 10.4. The van der Waals surface area contributed by atoms with Crippen LogP contribution in [0.1, 0.15) is 10.4 Å². The van der Waals surface area contributed by atoms with Gasteiger partial charge in [-0.2, -0.15) is 0 Å². The van der Waals surface area contributed by atoms with Gasteiger partial charge >= 0.3 is 5.97 Å². The molecular weight excluding hydrogens is 348 g/mol. The number of nitrogens with one attached hydrogen (secondary N) is 1. The molecule has 0 amide bonds. The Kier molecular flexibility index (Phi) is 4.46. The molecule has 0 aliphatic rings. The molecule has 0 spiro atoms. The van der Waals surface area contributed by atoms with Gasteiger partial charge in [-0.15, -0.1) is 0 Å². The molecule has 0 unspecified atom stereocenters. The Bertz CT molecular complexity index is 664. The lowest BCUT2D eigenvalue weighted by atomic mass is 10.2. The summed E-state index contributed by atoms with van der Waals surface area (Å²) in [5.74, 6) is -0.276. The SMILES string of the molecule is COc1ccc(Cl)c(Nc2ncc(Br)cc2C(=O)O)c1. The number of benzene rings is 1. The van der Waals surface area contributed by atoms with E-state index < -0.39 is 5.97 Å². The van der Waals surface area contributed by atoms with Gasteiger partial charge in [0.25, 0.3) is 0 Å². The summed E-state index contributed by atoms with van der Waals surface area (Å²) in [4.78, 5) is 15.3. The molecule has 20 heavy (non-hydrogen) atoms. The lowest BCUT2D eigenvalue weighted by molar-refractivity contribution is 0.0697. The van der Waals surface area contributed by atoms with Gasteiger partial charge in [0.2, 0.25) is 0 Å². The summed E-state index contributed by atoms with van der Waals surface area (Å²) in [7, 11) is 1.54. The van der Waals surface area contributed by atoms with Crippen LogP contribution < -0.4 is 10.1 Å². The number of aromatic nitrogens is 1. The predicted molar refractivity (Wildman–Crippen MR) is 80.2 cm³/mol. The summed E-state index contributed by atoms with van der Waals surface area (Å²) < 4.78 is 5.68. The largest absolute Gasteiger partial charge is 0.497 e. The van der Waals surface area contributed by atoms with E-state index in [2.05, 4.69) is 26.2 Å². The first-order chi connectivity index (χ1) is 9.51. The maximum atomic E-state index is 11.2. The van der Waals surface area contributed by atoms with Crippen molar-refractivity contribution in [3.05, 3.63) is 45.5 Å². The lowest BCUT2D eigenvalue weighted by Crippen LogP contribution is -2.05. The molecule has 7 heteroatoms. The molecule has 0 aliphatic carbocycles. The molecule has 0 saturated heterocycles. The third-order valence-corrected chi connectivity index (χ3v) is 3.27. The molecule has 2 rings (SSSR count). The summed E-state index contributed by atoms with van der Waals surface area (Å²) in [5, 5.41) is 12.5. The maximum Gasteiger partial charge on any atom is 0.339 e. The van der Waals surface area contributed by atoms with Gasteiger partial charge in [-0.1, -0.05) is 11.6 Å². The van der Waals surface area contributed by atoms with E-state index in [1.54, 1.807) is 18.2 Å². The minimum atomic E-state index is -1.08. The number of anilines is 2. The minimum Gasteiger partial charge on any atom is -0.497 e. The van der Waals surface area contributed by atoms with Crippen molar-refractivity contribution in [2.75, 3.05) is 12.4 Å². The summed E-state index contributed by atoms with van der Waals surface area (Å²) in [6, 6.07) is 6.49. The summed E-state index contributed by atoms with van der Waals surface area (Å²) >= 11 is 9.25. The number of methoxy groups -OCH3 is 1. The summed E-state index contributed by atoms with van der Waals surface area (Å²) in [6.07, 6.45) is 1.50. The van der Waals surface area contributed by atoms with Crippen molar-refractivity contribution < 1.29 is 14.6 Å². The molecule has 1 heterocycles. The Morgan fingerprint density at radius 2 is 2.20 bits per heavy atom. The van der Waals surface area contributed by atoms with Crippen LogP contribution in [-0.4, -0.2) is 23.2 Å². The Morgan fingerprint density at radius 1 is 1.45 bits per heavy atom. The van der Waals surface area contributed by atoms with Crippen molar-refractivity contribution in [1.82, 2.24) is 4.98 Å². The molecule has 1 aromatic heterocycles. The number of ether oxygens (including phenoxy) is 1. The van der Waals surface area contributed by atoms with Crippen LogP contribution in [0.4, 0.5) is 11.5 Å². The first kappa shape index (κ1) is 14.6. The second-order valence-electron chi connectivity index (χ2n) is 3.83. The number of carbonyl (C=O) groups is 1. The van der Waals surface area contributed by atoms with Crippen LogP contribution in [0.3, 0.4) is 0 Å². The van der Waals surface area contributed by atoms with Crippen LogP contribution in [0, 0.1) is 0 Å². The van der Waals surface area contributed by atoms with Gasteiger partial charge in [-0.25, -0.2) is 9.78 Å². The van der Waals surface area contributed by atoms with Crippen LogP contribution >= 0.6 is 27.5 Å². The van der Waals surface area contributed by atoms with Gasteiger partial charge in [0.05, 0.1) is 17.8 Å². The zero-order valence-corrected chi connectivity index (χ0v) is 12.7.